The first-order valence-corrected chi connectivity index (χ1v) is 7.81. The zero-order valence-corrected chi connectivity index (χ0v) is 13.9. The molecule has 128 valence electrons. The summed E-state index contributed by atoms with van der Waals surface area (Å²) >= 11 is 0. The van der Waals surface area contributed by atoms with E-state index in [0.29, 0.717) is 0 Å². The van der Waals surface area contributed by atoms with Crippen molar-refractivity contribution in [2.45, 2.75) is 13.0 Å². The number of carbonyl (C=O) groups is 2. The Morgan fingerprint density at radius 1 is 1.24 bits per heavy atom. The number of hydrogen-bond donors (Lipinski definition) is 2. The van der Waals surface area contributed by atoms with Crippen LogP contribution in [0.25, 0.3) is 11.0 Å². The second-order valence-electron chi connectivity index (χ2n) is 5.58. The lowest BCUT2D eigenvalue weighted by molar-refractivity contribution is -0.120. The largest absolute Gasteiger partial charge is 0.345 e. The van der Waals surface area contributed by atoms with E-state index in [-0.39, 0.29) is 24.2 Å². The van der Waals surface area contributed by atoms with Gasteiger partial charge in [-0.15, -0.1) is 0 Å². The van der Waals surface area contributed by atoms with Gasteiger partial charge in [-0.05, 0) is 19.1 Å². The lowest BCUT2D eigenvalue weighted by atomic mass is 10.3. The molecule has 0 spiro atoms. The number of carbonyl (C=O) groups excluding carboxylic acids is 2. The number of nitrogens with one attached hydrogen (secondary N) is 2. The monoisotopic (exact) mass is 338 g/mol. The molecule has 2 amide bonds. The molecular weight excluding hydrogens is 320 g/mol. The van der Waals surface area contributed by atoms with Gasteiger partial charge in [0.05, 0.1) is 29.8 Å². The van der Waals surface area contributed by atoms with E-state index in [1.165, 1.54) is 18.6 Å². The van der Waals surface area contributed by atoms with E-state index in [1.54, 1.807) is 0 Å². The number of aryl methyl sites for hydroxylation is 1. The fourth-order valence-corrected chi connectivity index (χ4v) is 2.58. The fourth-order valence-electron chi connectivity index (χ4n) is 2.58. The van der Waals surface area contributed by atoms with Gasteiger partial charge < -0.3 is 15.2 Å². The summed E-state index contributed by atoms with van der Waals surface area (Å²) in [5.74, 6) is -0.00904. The van der Waals surface area contributed by atoms with E-state index in [4.69, 9.17) is 0 Å². The zero-order chi connectivity index (χ0) is 17.8. The maximum absolute atomic E-state index is 12.1. The second kappa shape index (κ2) is 7.08. The molecule has 0 bridgehead atoms. The Kier molecular flexibility index (Phi) is 4.69. The fraction of sp³-hybridized carbons (Fsp3) is 0.235. The first kappa shape index (κ1) is 16.6. The molecule has 0 aliphatic carbocycles. The van der Waals surface area contributed by atoms with Crippen molar-refractivity contribution in [3.63, 3.8) is 0 Å². The highest BCUT2D eigenvalue weighted by Gasteiger charge is 2.17. The standard InChI is InChI=1S/C17H18N6O2/c1-11(16-22-12-5-3-4-6-14(12)23(16)2)21-15(24)10-20-17(25)13-9-18-7-8-19-13/h3-9,11H,10H2,1-2H3,(H,20,25)(H,21,24)/t11-/m1/s1. The summed E-state index contributed by atoms with van der Waals surface area (Å²) in [5.41, 5.74) is 2.03. The predicted octanol–water partition coefficient (Wildman–Crippen LogP) is 0.970. The van der Waals surface area contributed by atoms with Gasteiger partial charge in [-0.25, -0.2) is 9.97 Å². The first-order chi connectivity index (χ1) is 12.1. The topological polar surface area (TPSA) is 102 Å². The summed E-state index contributed by atoms with van der Waals surface area (Å²) in [6.07, 6.45) is 4.24. The van der Waals surface area contributed by atoms with Crippen LogP contribution in [0, 0.1) is 0 Å². The van der Waals surface area contributed by atoms with Crippen LogP contribution in [-0.4, -0.2) is 37.9 Å². The quantitative estimate of drug-likeness (QED) is 0.722. The summed E-state index contributed by atoms with van der Waals surface area (Å²) in [6.45, 7) is 1.70. The number of nitrogens with zero attached hydrogens (tertiary/aromatic N) is 4. The van der Waals surface area contributed by atoms with Crippen LogP contribution in [0.1, 0.15) is 29.3 Å². The Morgan fingerprint density at radius 2 is 2.04 bits per heavy atom. The van der Waals surface area contributed by atoms with E-state index in [1.807, 2.05) is 42.8 Å². The van der Waals surface area contributed by atoms with Crippen LogP contribution in [0.15, 0.2) is 42.9 Å². The van der Waals surface area contributed by atoms with Crippen LogP contribution in [0.3, 0.4) is 0 Å². The highest BCUT2D eigenvalue weighted by molar-refractivity contribution is 5.94. The Balaban J connectivity index is 1.60. The Labute approximate surface area is 144 Å². The summed E-state index contributed by atoms with van der Waals surface area (Å²) in [7, 11) is 1.91. The molecule has 2 N–H and O–H groups in total. The number of amides is 2. The molecule has 0 saturated carbocycles. The van der Waals surface area contributed by atoms with Crippen molar-refractivity contribution < 1.29 is 9.59 Å². The van der Waals surface area contributed by atoms with Crippen LogP contribution in [0.2, 0.25) is 0 Å². The highest BCUT2D eigenvalue weighted by atomic mass is 16.2. The molecule has 0 aliphatic rings. The number of imidazole rings is 1. The van der Waals surface area contributed by atoms with Crippen molar-refractivity contribution >= 4 is 22.8 Å². The summed E-state index contributed by atoms with van der Waals surface area (Å²) < 4.78 is 1.94. The average molecular weight is 338 g/mol. The van der Waals surface area contributed by atoms with Crippen LogP contribution >= 0.6 is 0 Å². The van der Waals surface area contributed by atoms with Gasteiger partial charge >= 0.3 is 0 Å². The molecule has 0 aliphatic heterocycles. The molecule has 0 fully saturated rings. The van der Waals surface area contributed by atoms with Gasteiger partial charge in [-0.2, -0.15) is 0 Å². The second-order valence-corrected chi connectivity index (χ2v) is 5.58. The third-order valence-electron chi connectivity index (χ3n) is 3.79. The van der Waals surface area contributed by atoms with Gasteiger partial charge in [0, 0.05) is 19.4 Å². The minimum atomic E-state index is -0.446. The molecule has 1 aromatic carbocycles. The molecule has 0 unspecified atom stereocenters. The van der Waals surface area contributed by atoms with Crippen LogP contribution < -0.4 is 10.6 Å². The van der Waals surface area contributed by atoms with Crippen molar-refractivity contribution in [2.75, 3.05) is 6.54 Å². The minimum Gasteiger partial charge on any atom is -0.345 e. The van der Waals surface area contributed by atoms with Crippen molar-refractivity contribution in [3.8, 4) is 0 Å². The molecule has 8 heteroatoms. The lowest BCUT2D eigenvalue weighted by Gasteiger charge is -2.14. The van der Waals surface area contributed by atoms with E-state index in [9.17, 15) is 9.59 Å². The molecule has 8 nitrogen and oxygen atoms in total. The molecular formula is C17H18N6O2. The normalized spacial score (nSPS) is 11.9. The van der Waals surface area contributed by atoms with Crippen molar-refractivity contribution in [1.29, 1.82) is 0 Å². The van der Waals surface area contributed by atoms with Crippen molar-refractivity contribution in [2.24, 2.45) is 7.05 Å². The smallest absolute Gasteiger partial charge is 0.271 e. The summed E-state index contributed by atoms with van der Waals surface area (Å²) in [4.78, 5) is 36.2. The maximum atomic E-state index is 12.1. The minimum absolute atomic E-state index is 0.149. The van der Waals surface area contributed by atoms with Gasteiger partial charge in [0.25, 0.3) is 5.91 Å². The van der Waals surface area contributed by atoms with Crippen LogP contribution in [-0.2, 0) is 11.8 Å². The number of fused-ring (bicyclic) bond motifs is 1. The third kappa shape index (κ3) is 3.63. The molecule has 0 saturated heterocycles. The number of aromatic nitrogens is 4. The van der Waals surface area contributed by atoms with Gasteiger partial charge in [0.15, 0.2) is 0 Å². The van der Waals surface area contributed by atoms with E-state index in [2.05, 4.69) is 25.6 Å². The number of benzene rings is 1. The van der Waals surface area contributed by atoms with Gasteiger partial charge in [0.2, 0.25) is 5.91 Å². The molecule has 3 rings (SSSR count). The average Bonchev–Trinajstić information content (AvgIpc) is 2.98. The lowest BCUT2D eigenvalue weighted by Crippen LogP contribution is -2.38. The van der Waals surface area contributed by atoms with E-state index in [0.717, 1.165) is 16.9 Å². The molecule has 2 heterocycles. The Bertz CT molecular complexity index is 906. The van der Waals surface area contributed by atoms with Gasteiger partial charge in [0.1, 0.15) is 11.5 Å². The molecule has 1 atom stereocenters. The third-order valence-corrected chi connectivity index (χ3v) is 3.79. The SMILES string of the molecule is C[C@@H](NC(=O)CNC(=O)c1cnccn1)c1nc2ccccc2n1C. The summed E-state index contributed by atoms with van der Waals surface area (Å²) in [6, 6.07) is 7.47. The molecule has 2 aromatic heterocycles. The maximum Gasteiger partial charge on any atom is 0.271 e. The molecule has 0 radical (unpaired) electrons. The van der Waals surface area contributed by atoms with Crippen molar-refractivity contribution in [1.82, 2.24) is 30.2 Å². The van der Waals surface area contributed by atoms with Gasteiger partial charge in [-0.1, -0.05) is 12.1 Å². The zero-order valence-electron chi connectivity index (χ0n) is 13.9. The Hall–Kier alpha value is -3.29. The molecule has 3 aromatic rings. The number of hydrogen-bond acceptors (Lipinski definition) is 5. The Morgan fingerprint density at radius 3 is 2.76 bits per heavy atom. The molecule has 25 heavy (non-hydrogen) atoms. The van der Waals surface area contributed by atoms with Crippen molar-refractivity contribution in [3.05, 3.63) is 54.4 Å². The number of rotatable bonds is 5. The van der Waals surface area contributed by atoms with E-state index >= 15 is 0 Å². The van der Waals surface area contributed by atoms with Crippen LogP contribution in [0.4, 0.5) is 0 Å². The first-order valence-electron chi connectivity index (χ1n) is 7.81. The predicted molar refractivity (Wildman–Crippen MR) is 91.6 cm³/mol. The van der Waals surface area contributed by atoms with E-state index < -0.39 is 5.91 Å². The summed E-state index contributed by atoms with van der Waals surface area (Å²) in [5, 5.41) is 5.35. The van der Waals surface area contributed by atoms with Gasteiger partial charge in [-0.3, -0.25) is 14.6 Å². The van der Waals surface area contributed by atoms with Crippen LogP contribution in [0.5, 0.6) is 0 Å². The highest BCUT2D eigenvalue weighted by Crippen LogP contribution is 2.18. The number of para-hydroxylation sites is 2.